The number of hydrogen-bond donors (Lipinski definition) is 2. The highest BCUT2D eigenvalue weighted by molar-refractivity contribution is 5.16. The van der Waals surface area contributed by atoms with Crippen molar-refractivity contribution in [3.05, 3.63) is 35.6 Å². The number of rotatable bonds is 4. The Bertz CT molecular complexity index is 425. The topological polar surface area (TPSA) is 24.1 Å². The average molecular weight is 290 g/mol. The summed E-state index contributed by atoms with van der Waals surface area (Å²) in [6, 6.07) is 8.19. The van der Waals surface area contributed by atoms with Gasteiger partial charge < -0.3 is 10.6 Å². The van der Waals surface area contributed by atoms with Gasteiger partial charge in [0.05, 0.1) is 0 Å². The third-order valence-electron chi connectivity index (χ3n) is 5.17. The zero-order valence-electron chi connectivity index (χ0n) is 12.8. The number of benzene rings is 1. The standard InChI is InChI=1S/C18H27FN2/c19-15-10-8-14(9-11-15)13-21-18-6-2-1-5-16(18)17-7-3-4-12-20-17/h8-11,16-18,20-21H,1-7,12-13H2. The van der Waals surface area contributed by atoms with Gasteiger partial charge in [-0.3, -0.25) is 0 Å². The first-order valence-electron chi connectivity index (χ1n) is 8.54. The van der Waals surface area contributed by atoms with Gasteiger partial charge in [0.1, 0.15) is 5.82 Å². The Kier molecular flexibility index (Phi) is 5.26. The number of nitrogens with one attached hydrogen (secondary N) is 2. The molecule has 0 aromatic heterocycles. The van der Waals surface area contributed by atoms with Crippen molar-refractivity contribution >= 4 is 0 Å². The summed E-state index contributed by atoms with van der Waals surface area (Å²) in [5.74, 6) is 0.611. The van der Waals surface area contributed by atoms with Crippen LogP contribution in [0.25, 0.3) is 0 Å². The number of halogens is 1. The Hall–Kier alpha value is -0.930. The summed E-state index contributed by atoms with van der Waals surface area (Å²) in [5.41, 5.74) is 1.18. The molecule has 2 aliphatic rings. The lowest BCUT2D eigenvalue weighted by molar-refractivity contribution is 0.181. The predicted molar refractivity (Wildman–Crippen MR) is 84.6 cm³/mol. The van der Waals surface area contributed by atoms with Gasteiger partial charge in [-0.15, -0.1) is 0 Å². The van der Waals surface area contributed by atoms with E-state index >= 15 is 0 Å². The minimum Gasteiger partial charge on any atom is -0.314 e. The summed E-state index contributed by atoms with van der Waals surface area (Å²) < 4.78 is 13.0. The summed E-state index contributed by atoms with van der Waals surface area (Å²) in [6.45, 7) is 2.04. The van der Waals surface area contributed by atoms with E-state index in [0.717, 1.165) is 12.5 Å². The molecule has 1 aromatic carbocycles. The molecule has 0 amide bonds. The van der Waals surface area contributed by atoms with E-state index in [1.165, 1.54) is 57.1 Å². The molecule has 3 atom stereocenters. The van der Waals surface area contributed by atoms with Gasteiger partial charge in [0.2, 0.25) is 0 Å². The lowest BCUT2D eigenvalue weighted by atomic mass is 9.77. The summed E-state index contributed by atoms with van der Waals surface area (Å²) in [6.07, 6.45) is 9.37. The Morgan fingerprint density at radius 3 is 2.52 bits per heavy atom. The first kappa shape index (κ1) is 15.0. The molecule has 1 saturated carbocycles. The third-order valence-corrected chi connectivity index (χ3v) is 5.17. The van der Waals surface area contributed by atoms with Crippen LogP contribution in [0.2, 0.25) is 0 Å². The summed E-state index contributed by atoms with van der Waals surface area (Å²) in [7, 11) is 0. The quantitative estimate of drug-likeness (QED) is 0.885. The molecule has 1 heterocycles. The zero-order valence-corrected chi connectivity index (χ0v) is 12.8. The molecule has 0 spiro atoms. The minimum atomic E-state index is -0.152. The van der Waals surface area contributed by atoms with Crippen molar-refractivity contribution < 1.29 is 4.39 Å². The van der Waals surface area contributed by atoms with Crippen molar-refractivity contribution in [2.45, 2.75) is 63.6 Å². The normalized spacial score (nSPS) is 30.2. The molecule has 1 saturated heterocycles. The maximum Gasteiger partial charge on any atom is 0.123 e. The molecule has 2 fully saturated rings. The highest BCUT2D eigenvalue weighted by Gasteiger charge is 2.31. The van der Waals surface area contributed by atoms with Gasteiger partial charge in [0.25, 0.3) is 0 Å². The van der Waals surface area contributed by atoms with E-state index in [1.54, 1.807) is 12.1 Å². The van der Waals surface area contributed by atoms with E-state index in [0.29, 0.717) is 12.1 Å². The Morgan fingerprint density at radius 1 is 1.00 bits per heavy atom. The van der Waals surface area contributed by atoms with Crippen LogP contribution in [0.5, 0.6) is 0 Å². The number of hydrogen-bond acceptors (Lipinski definition) is 2. The van der Waals surface area contributed by atoms with Crippen LogP contribution < -0.4 is 10.6 Å². The fourth-order valence-corrected chi connectivity index (χ4v) is 3.99. The first-order valence-corrected chi connectivity index (χ1v) is 8.54. The van der Waals surface area contributed by atoms with Crippen LogP contribution in [-0.2, 0) is 6.54 Å². The van der Waals surface area contributed by atoms with E-state index in [1.807, 2.05) is 12.1 Å². The molecule has 116 valence electrons. The van der Waals surface area contributed by atoms with Crippen molar-refractivity contribution in [2.24, 2.45) is 5.92 Å². The van der Waals surface area contributed by atoms with Gasteiger partial charge in [-0.05, 0) is 55.8 Å². The molecule has 1 aromatic rings. The average Bonchev–Trinajstić information content (AvgIpc) is 2.55. The fraction of sp³-hybridized carbons (Fsp3) is 0.667. The number of piperidine rings is 1. The van der Waals surface area contributed by atoms with Crippen LogP contribution in [-0.4, -0.2) is 18.6 Å². The van der Waals surface area contributed by atoms with Crippen LogP contribution in [0.15, 0.2) is 24.3 Å². The molecular formula is C18H27FN2. The van der Waals surface area contributed by atoms with E-state index in [2.05, 4.69) is 10.6 Å². The van der Waals surface area contributed by atoms with Crippen LogP contribution in [0, 0.1) is 11.7 Å². The van der Waals surface area contributed by atoms with Crippen molar-refractivity contribution in [3.63, 3.8) is 0 Å². The summed E-state index contributed by atoms with van der Waals surface area (Å²) in [5, 5.41) is 7.48. The van der Waals surface area contributed by atoms with Gasteiger partial charge in [0.15, 0.2) is 0 Å². The van der Waals surface area contributed by atoms with E-state index in [-0.39, 0.29) is 5.82 Å². The van der Waals surface area contributed by atoms with Crippen molar-refractivity contribution in [1.82, 2.24) is 10.6 Å². The Morgan fingerprint density at radius 2 is 1.76 bits per heavy atom. The second kappa shape index (κ2) is 7.37. The van der Waals surface area contributed by atoms with Crippen LogP contribution in [0.4, 0.5) is 4.39 Å². The van der Waals surface area contributed by atoms with E-state index in [9.17, 15) is 4.39 Å². The second-order valence-corrected chi connectivity index (χ2v) is 6.62. The largest absolute Gasteiger partial charge is 0.314 e. The van der Waals surface area contributed by atoms with E-state index < -0.39 is 0 Å². The van der Waals surface area contributed by atoms with Gasteiger partial charge in [-0.1, -0.05) is 31.4 Å². The smallest absolute Gasteiger partial charge is 0.123 e. The highest BCUT2D eigenvalue weighted by atomic mass is 19.1. The molecule has 3 heteroatoms. The third kappa shape index (κ3) is 4.04. The van der Waals surface area contributed by atoms with Crippen LogP contribution in [0.1, 0.15) is 50.5 Å². The van der Waals surface area contributed by atoms with Crippen LogP contribution >= 0.6 is 0 Å². The summed E-state index contributed by atoms with van der Waals surface area (Å²) >= 11 is 0. The maximum absolute atomic E-state index is 13.0. The van der Waals surface area contributed by atoms with Gasteiger partial charge in [-0.25, -0.2) is 4.39 Å². The molecule has 3 rings (SSSR count). The predicted octanol–water partition coefficient (Wildman–Crippen LogP) is 3.62. The molecule has 1 aliphatic heterocycles. The molecule has 3 unspecified atom stereocenters. The fourth-order valence-electron chi connectivity index (χ4n) is 3.99. The van der Waals surface area contributed by atoms with Gasteiger partial charge in [-0.2, -0.15) is 0 Å². The Labute approximate surface area is 127 Å². The molecule has 0 bridgehead atoms. The van der Waals surface area contributed by atoms with Gasteiger partial charge >= 0.3 is 0 Å². The lowest BCUT2D eigenvalue weighted by Gasteiger charge is -2.40. The first-order chi connectivity index (χ1) is 10.3. The molecule has 2 N–H and O–H groups in total. The monoisotopic (exact) mass is 290 g/mol. The SMILES string of the molecule is Fc1ccc(CNC2CCCCC2C2CCCCN2)cc1. The van der Waals surface area contributed by atoms with Crippen molar-refractivity contribution in [2.75, 3.05) is 6.54 Å². The molecular weight excluding hydrogens is 263 g/mol. The Balaban J connectivity index is 1.57. The lowest BCUT2D eigenvalue weighted by Crippen LogP contribution is -2.50. The molecule has 0 radical (unpaired) electrons. The molecule has 21 heavy (non-hydrogen) atoms. The van der Waals surface area contributed by atoms with Crippen LogP contribution in [0.3, 0.4) is 0 Å². The van der Waals surface area contributed by atoms with Gasteiger partial charge in [0, 0.05) is 18.6 Å². The van der Waals surface area contributed by atoms with Crippen molar-refractivity contribution in [3.8, 4) is 0 Å². The minimum absolute atomic E-state index is 0.152. The van der Waals surface area contributed by atoms with Crippen molar-refractivity contribution in [1.29, 1.82) is 0 Å². The highest BCUT2D eigenvalue weighted by Crippen LogP contribution is 2.30. The van der Waals surface area contributed by atoms with E-state index in [4.69, 9.17) is 0 Å². The maximum atomic E-state index is 13.0. The molecule has 1 aliphatic carbocycles. The molecule has 2 nitrogen and oxygen atoms in total. The zero-order chi connectivity index (χ0) is 14.5. The second-order valence-electron chi connectivity index (χ2n) is 6.62. The summed E-state index contributed by atoms with van der Waals surface area (Å²) in [4.78, 5) is 0.